The Morgan fingerprint density at radius 3 is 3.19 bits per heavy atom. The molecule has 2 aromatic rings. The van der Waals surface area contributed by atoms with Crippen molar-refractivity contribution in [3.05, 3.63) is 18.6 Å². The highest BCUT2D eigenvalue weighted by atomic mass is 15.2. The molecule has 0 saturated carbocycles. The summed E-state index contributed by atoms with van der Waals surface area (Å²) in [5, 5.41) is 10.2. The number of aromatic amines is 1. The van der Waals surface area contributed by atoms with Gasteiger partial charge in [0, 0.05) is 37.8 Å². The smallest absolute Gasteiger partial charge is 0.179 e. The minimum absolute atomic E-state index is 0.168. The van der Waals surface area contributed by atoms with Gasteiger partial charge in [-0.1, -0.05) is 6.92 Å². The fraction of sp³-hybridized carbons (Fsp3) is 0.533. The largest absolute Gasteiger partial charge is 0.355 e. The third-order valence-electron chi connectivity index (χ3n) is 5.05. The predicted octanol–water partition coefficient (Wildman–Crippen LogP) is 1.59. The average Bonchev–Trinajstić information content (AvgIpc) is 3.08. The number of hydrogen-bond acceptors (Lipinski definition) is 5. The van der Waals surface area contributed by atoms with E-state index >= 15 is 0 Å². The molecule has 4 rings (SSSR count). The number of nitrogens with one attached hydrogen (secondary N) is 1. The van der Waals surface area contributed by atoms with Crippen LogP contribution in [0.25, 0.3) is 11.0 Å². The van der Waals surface area contributed by atoms with Gasteiger partial charge in [-0.3, -0.25) is 0 Å². The van der Waals surface area contributed by atoms with Crippen LogP contribution in [0.2, 0.25) is 0 Å². The summed E-state index contributed by atoms with van der Waals surface area (Å²) in [6.45, 7) is 6.01. The van der Waals surface area contributed by atoms with E-state index in [1.54, 1.807) is 6.33 Å². The predicted molar refractivity (Wildman–Crippen MR) is 79.5 cm³/mol. The van der Waals surface area contributed by atoms with Crippen LogP contribution in [-0.4, -0.2) is 46.0 Å². The number of aromatic nitrogens is 3. The zero-order chi connectivity index (χ0) is 14.4. The van der Waals surface area contributed by atoms with Crippen molar-refractivity contribution in [1.82, 2.24) is 19.9 Å². The summed E-state index contributed by atoms with van der Waals surface area (Å²) in [7, 11) is 0. The van der Waals surface area contributed by atoms with Crippen LogP contribution in [0.4, 0.5) is 5.82 Å². The Labute approximate surface area is 123 Å². The Hall–Kier alpha value is -2.29. The second-order valence-electron chi connectivity index (χ2n) is 6.48. The molecule has 2 atom stereocenters. The molecule has 0 radical (unpaired) electrons. The Balaban J connectivity index is 1.67. The summed E-state index contributed by atoms with van der Waals surface area (Å²) in [6.07, 6.45) is 6.96. The van der Waals surface area contributed by atoms with Gasteiger partial charge in [-0.25, -0.2) is 9.97 Å². The maximum atomic E-state index is 9.16. The van der Waals surface area contributed by atoms with Crippen molar-refractivity contribution in [1.29, 1.82) is 5.26 Å². The molecule has 2 aromatic heterocycles. The highest BCUT2D eigenvalue weighted by Crippen LogP contribution is 2.42. The van der Waals surface area contributed by atoms with E-state index < -0.39 is 0 Å². The van der Waals surface area contributed by atoms with E-state index in [-0.39, 0.29) is 5.41 Å². The first kappa shape index (κ1) is 12.5. The van der Waals surface area contributed by atoms with Gasteiger partial charge in [0.05, 0.1) is 5.39 Å². The minimum atomic E-state index is 0.168. The quantitative estimate of drug-likeness (QED) is 0.804. The lowest BCUT2D eigenvalue weighted by molar-refractivity contribution is 0.213. The number of hydrogen-bond donors (Lipinski definition) is 1. The van der Waals surface area contributed by atoms with Gasteiger partial charge in [-0.15, -0.1) is 0 Å². The molecule has 0 unspecified atom stereocenters. The lowest BCUT2D eigenvalue weighted by atomic mass is 9.75. The SMILES string of the molecule is C[C@]12CN(C#N)C[C@H]1CCN(c1ncnc3[nH]ccc13)C2. The Morgan fingerprint density at radius 1 is 1.43 bits per heavy atom. The van der Waals surface area contributed by atoms with Crippen molar-refractivity contribution < 1.29 is 0 Å². The average molecular weight is 282 g/mol. The number of nitriles is 1. The van der Waals surface area contributed by atoms with Gasteiger partial charge in [0.1, 0.15) is 17.8 Å². The second kappa shape index (κ2) is 4.35. The molecular formula is C15H18N6. The molecule has 0 bridgehead atoms. The standard InChI is InChI=1S/C15H18N6/c1-15-7-20(9-16)6-11(15)3-5-21(8-15)14-12-2-4-17-13(12)18-10-19-14/h2,4,10-11H,3,5-8H2,1H3,(H,17,18,19)/t11-,15-/m1/s1. The maximum absolute atomic E-state index is 9.16. The van der Waals surface area contributed by atoms with E-state index in [9.17, 15) is 0 Å². The van der Waals surface area contributed by atoms with Gasteiger partial charge < -0.3 is 14.8 Å². The van der Waals surface area contributed by atoms with E-state index in [1.807, 2.05) is 17.2 Å². The molecule has 108 valence electrons. The van der Waals surface area contributed by atoms with Crippen LogP contribution in [0.1, 0.15) is 13.3 Å². The minimum Gasteiger partial charge on any atom is -0.355 e. The molecule has 1 N–H and O–H groups in total. The van der Waals surface area contributed by atoms with E-state index in [2.05, 4.69) is 33.0 Å². The van der Waals surface area contributed by atoms with Crippen molar-refractivity contribution in [2.75, 3.05) is 31.1 Å². The zero-order valence-corrected chi connectivity index (χ0v) is 12.1. The lowest BCUT2D eigenvalue weighted by Crippen LogP contribution is -2.47. The number of fused-ring (bicyclic) bond motifs is 2. The zero-order valence-electron chi connectivity index (χ0n) is 12.1. The van der Waals surface area contributed by atoms with Crippen molar-refractivity contribution in [3.8, 4) is 6.19 Å². The number of rotatable bonds is 1. The van der Waals surface area contributed by atoms with Crippen LogP contribution in [0, 0.1) is 22.8 Å². The summed E-state index contributed by atoms with van der Waals surface area (Å²) in [5.74, 6) is 1.62. The van der Waals surface area contributed by atoms with E-state index in [4.69, 9.17) is 5.26 Å². The topological polar surface area (TPSA) is 71.8 Å². The third kappa shape index (κ3) is 1.84. The Kier molecular flexibility index (Phi) is 2.58. The number of piperidine rings is 1. The Bertz CT molecular complexity index is 716. The van der Waals surface area contributed by atoms with Crippen molar-refractivity contribution in [2.45, 2.75) is 13.3 Å². The summed E-state index contributed by atoms with van der Waals surface area (Å²) in [6, 6.07) is 2.04. The van der Waals surface area contributed by atoms with Crippen LogP contribution >= 0.6 is 0 Å². The molecule has 21 heavy (non-hydrogen) atoms. The maximum Gasteiger partial charge on any atom is 0.179 e. The number of nitrogens with zero attached hydrogens (tertiary/aromatic N) is 5. The fourth-order valence-corrected chi connectivity index (χ4v) is 3.93. The molecular weight excluding hydrogens is 264 g/mol. The molecule has 2 saturated heterocycles. The molecule has 2 aliphatic rings. The number of H-pyrrole nitrogens is 1. The Morgan fingerprint density at radius 2 is 2.33 bits per heavy atom. The van der Waals surface area contributed by atoms with Crippen molar-refractivity contribution in [2.24, 2.45) is 11.3 Å². The van der Waals surface area contributed by atoms with Crippen LogP contribution in [0.5, 0.6) is 0 Å². The fourth-order valence-electron chi connectivity index (χ4n) is 3.93. The van der Waals surface area contributed by atoms with E-state index in [1.165, 1.54) is 0 Å². The second-order valence-corrected chi connectivity index (χ2v) is 6.48. The number of likely N-dealkylation sites (tertiary alicyclic amines) is 1. The monoisotopic (exact) mass is 282 g/mol. The van der Waals surface area contributed by atoms with Crippen LogP contribution in [-0.2, 0) is 0 Å². The molecule has 0 amide bonds. The lowest BCUT2D eigenvalue weighted by Gasteiger charge is -2.42. The molecule has 0 spiro atoms. The summed E-state index contributed by atoms with van der Waals surface area (Å²) < 4.78 is 0. The van der Waals surface area contributed by atoms with E-state index in [0.29, 0.717) is 5.92 Å². The van der Waals surface area contributed by atoms with Crippen molar-refractivity contribution in [3.63, 3.8) is 0 Å². The molecule has 2 aliphatic heterocycles. The molecule has 0 aliphatic carbocycles. The summed E-state index contributed by atoms with van der Waals surface area (Å²) in [4.78, 5) is 16.2. The molecule has 0 aromatic carbocycles. The van der Waals surface area contributed by atoms with Crippen molar-refractivity contribution >= 4 is 16.9 Å². The highest BCUT2D eigenvalue weighted by molar-refractivity contribution is 5.87. The van der Waals surface area contributed by atoms with E-state index in [0.717, 1.165) is 49.5 Å². The van der Waals surface area contributed by atoms with Gasteiger partial charge in [0.15, 0.2) is 6.19 Å². The van der Waals surface area contributed by atoms with Gasteiger partial charge in [-0.2, -0.15) is 5.26 Å². The van der Waals surface area contributed by atoms with Crippen LogP contribution < -0.4 is 4.90 Å². The molecule has 4 heterocycles. The van der Waals surface area contributed by atoms with Crippen LogP contribution in [0.3, 0.4) is 0 Å². The van der Waals surface area contributed by atoms with Gasteiger partial charge in [-0.05, 0) is 18.4 Å². The summed E-state index contributed by atoms with van der Waals surface area (Å²) >= 11 is 0. The normalized spacial score (nSPS) is 28.7. The molecule has 6 heteroatoms. The van der Waals surface area contributed by atoms with Gasteiger partial charge in [0.25, 0.3) is 0 Å². The van der Waals surface area contributed by atoms with Gasteiger partial charge >= 0.3 is 0 Å². The highest BCUT2D eigenvalue weighted by Gasteiger charge is 2.46. The first-order valence-corrected chi connectivity index (χ1v) is 7.37. The van der Waals surface area contributed by atoms with Crippen LogP contribution in [0.15, 0.2) is 18.6 Å². The first-order chi connectivity index (χ1) is 10.2. The third-order valence-corrected chi connectivity index (χ3v) is 5.05. The molecule has 6 nitrogen and oxygen atoms in total. The summed E-state index contributed by atoms with van der Waals surface area (Å²) in [5.41, 5.74) is 1.05. The number of anilines is 1. The van der Waals surface area contributed by atoms with Gasteiger partial charge in [0.2, 0.25) is 0 Å². The first-order valence-electron chi connectivity index (χ1n) is 7.37. The molecule has 2 fully saturated rings.